The maximum absolute atomic E-state index is 12.3. The molecule has 0 radical (unpaired) electrons. The van der Waals surface area contributed by atoms with Crippen LogP contribution in [-0.2, 0) is 0 Å². The fourth-order valence-corrected chi connectivity index (χ4v) is 2.23. The van der Waals surface area contributed by atoms with Gasteiger partial charge in [-0.05, 0) is 50.1 Å². The van der Waals surface area contributed by atoms with Gasteiger partial charge in [0.2, 0.25) is 0 Å². The summed E-state index contributed by atoms with van der Waals surface area (Å²) in [6, 6.07) is 11.1. The van der Waals surface area contributed by atoms with Gasteiger partial charge in [-0.1, -0.05) is 17.3 Å². The zero-order valence-electron chi connectivity index (χ0n) is 13.8. The third kappa shape index (κ3) is 3.60. The monoisotopic (exact) mass is 322 g/mol. The van der Waals surface area contributed by atoms with Crippen LogP contribution >= 0.6 is 0 Å². The lowest BCUT2D eigenvalue weighted by Crippen LogP contribution is -2.14. The molecule has 6 heteroatoms. The van der Waals surface area contributed by atoms with Gasteiger partial charge in [0, 0.05) is 11.8 Å². The zero-order valence-corrected chi connectivity index (χ0v) is 13.8. The first kappa shape index (κ1) is 15.7. The highest BCUT2D eigenvalue weighted by Crippen LogP contribution is 2.18. The molecule has 0 saturated carbocycles. The summed E-state index contributed by atoms with van der Waals surface area (Å²) in [4.78, 5) is 16.5. The number of aryl methyl sites for hydroxylation is 3. The lowest BCUT2D eigenvalue weighted by atomic mass is 10.1. The van der Waals surface area contributed by atoms with Crippen molar-refractivity contribution in [1.29, 1.82) is 0 Å². The summed E-state index contributed by atoms with van der Waals surface area (Å²) in [5.41, 5.74) is 3.96. The van der Waals surface area contributed by atoms with Gasteiger partial charge in [0.25, 0.3) is 5.91 Å². The summed E-state index contributed by atoms with van der Waals surface area (Å²) in [5.74, 6) is 1.07. The van der Waals surface area contributed by atoms with Gasteiger partial charge in [-0.3, -0.25) is 4.79 Å². The molecular weight excluding hydrogens is 304 g/mol. The number of benzene rings is 1. The summed E-state index contributed by atoms with van der Waals surface area (Å²) in [6.07, 6.45) is 1.59. The van der Waals surface area contributed by atoms with Crippen LogP contribution in [0.5, 0.6) is 0 Å². The van der Waals surface area contributed by atoms with Crippen LogP contribution in [0.2, 0.25) is 0 Å². The number of carbonyl (C=O) groups is 1. The van der Waals surface area contributed by atoms with Gasteiger partial charge in [0.05, 0.1) is 11.9 Å². The van der Waals surface area contributed by atoms with Crippen LogP contribution in [0, 0.1) is 20.8 Å². The molecule has 122 valence electrons. The Bertz CT molecular complexity index is 869. The Morgan fingerprint density at radius 2 is 1.92 bits per heavy atom. The van der Waals surface area contributed by atoms with Gasteiger partial charge in [0.1, 0.15) is 11.5 Å². The molecule has 0 aliphatic rings. The van der Waals surface area contributed by atoms with Gasteiger partial charge in [-0.2, -0.15) is 0 Å². The maximum atomic E-state index is 12.3. The first-order chi connectivity index (χ1) is 11.5. The first-order valence-corrected chi connectivity index (χ1v) is 7.56. The van der Waals surface area contributed by atoms with Crippen molar-refractivity contribution in [3.05, 3.63) is 65.2 Å². The standard InChI is InChI=1S/C18H18N4O2/c1-11-4-5-12(2)16(8-11)21-18(23)15-7-6-14(10-19-15)20-17-9-13(3)24-22-17/h4-10H,1-3H3,(H,20,22)(H,21,23). The average Bonchev–Trinajstić information content (AvgIpc) is 2.96. The van der Waals surface area contributed by atoms with Crippen LogP contribution < -0.4 is 10.6 Å². The summed E-state index contributed by atoms with van der Waals surface area (Å²) in [6.45, 7) is 5.76. The van der Waals surface area contributed by atoms with Gasteiger partial charge in [-0.25, -0.2) is 4.98 Å². The Morgan fingerprint density at radius 1 is 1.08 bits per heavy atom. The van der Waals surface area contributed by atoms with Crippen molar-refractivity contribution < 1.29 is 9.32 Å². The largest absolute Gasteiger partial charge is 0.360 e. The number of pyridine rings is 1. The minimum absolute atomic E-state index is 0.243. The highest BCUT2D eigenvalue weighted by molar-refractivity contribution is 6.03. The smallest absolute Gasteiger partial charge is 0.274 e. The molecular formula is C18H18N4O2. The topological polar surface area (TPSA) is 80.0 Å². The molecule has 0 aliphatic heterocycles. The normalized spacial score (nSPS) is 10.5. The van der Waals surface area contributed by atoms with Crippen molar-refractivity contribution in [2.75, 3.05) is 10.6 Å². The Hall–Kier alpha value is -3.15. The van der Waals surface area contributed by atoms with Crippen molar-refractivity contribution in [2.24, 2.45) is 0 Å². The van der Waals surface area contributed by atoms with Crippen LogP contribution in [0.25, 0.3) is 0 Å². The van der Waals surface area contributed by atoms with Crippen molar-refractivity contribution >= 4 is 23.1 Å². The van der Waals surface area contributed by atoms with E-state index < -0.39 is 0 Å². The predicted octanol–water partition coefficient (Wildman–Crippen LogP) is 3.99. The molecule has 6 nitrogen and oxygen atoms in total. The molecule has 3 rings (SSSR count). The molecule has 0 saturated heterocycles. The summed E-state index contributed by atoms with van der Waals surface area (Å²) in [7, 11) is 0. The maximum Gasteiger partial charge on any atom is 0.274 e. The highest BCUT2D eigenvalue weighted by atomic mass is 16.5. The minimum atomic E-state index is -0.243. The van der Waals surface area contributed by atoms with Crippen LogP contribution in [0.15, 0.2) is 47.1 Å². The fraction of sp³-hybridized carbons (Fsp3) is 0.167. The van der Waals surface area contributed by atoms with Gasteiger partial charge >= 0.3 is 0 Å². The summed E-state index contributed by atoms with van der Waals surface area (Å²) < 4.78 is 4.99. The Labute approximate surface area is 139 Å². The molecule has 0 fully saturated rings. The van der Waals surface area contributed by atoms with E-state index in [4.69, 9.17) is 4.52 Å². The first-order valence-electron chi connectivity index (χ1n) is 7.56. The molecule has 0 spiro atoms. The lowest BCUT2D eigenvalue weighted by molar-refractivity contribution is 0.102. The third-order valence-electron chi connectivity index (χ3n) is 3.54. The number of aromatic nitrogens is 2. The minimum Gasteiger partial charge on any atom is -0.360 e. The molecule has 2 aromatic heterocycles. The molecule has 0 atom stereocenters. The third-order valence-corrected chi connectivity index (χ3v) is 3.54. The Kier molecular flexibility index (Phi) is 4.29. The van der Waals surface area contributed by atoms with Crippen molar-refractivity contribution in [1.82, 2.24) is 10.1 Å². The molecule has 1 aromatic carbocycles. The van der Waals surface area contributed by atoms with E-state index in [9.17, 15) is 4.79 Å². The molecule has 0 aliphatic carbocycles. The number of amides is 1. The predicted molar refractivity (Wildman–Crippen MR) is 92.6 cm³/mol. The average molecular weight is 322 g/mol. The Morgan fingerprint density at radius 3 is 2.58 bits per heavy atom. The molecule has 2 heterocycles. The molecule has 3 aromatic rings. The van der Waals surface area contributed by atoms with Crippen LogP contribution in [0.1, 0.15) is 27.4 Å². The number of hydrogen-bond donors (Lipinski definition) is 2. The quantitative estimate of drug-likeness (QED) is 0.759. The summed E-state index contributed by atoms with van der Waals surface area (Å²) >= 11 is 0. The van der Waals surface area contributed by atoms with Gasteiger partial charge in [-0.15, -0.1) is 0 Å². The number of nitrogens with zero attached hydrogens (tertiary/aromatic N) is 2. The van der Waals surface area contributed by atoms with Crippen molar-refractivity contribution in [3.63, 3.8) is 0 Å². The second-order valence-corrected chi connectivity index (χ2v) is 5.65. The van der Waals surface area contributed by atoms with E-state index >= 15 is 0 Å². The second kappa shape index (κ2) is 6.54. The number of carbonyl (C=O) groups excluding carboxylic acids is 1. The molecule has 0 bridgehead atoms. The number of anilines is 3. The van der Waals surface area contributed by atoms with Gasteiger partial charge < -0.3 is 15.2 Å². The van der Waals surface area contributed by atoms with Crippen LogP contribution in [0.3, 0.4) is 0 Å². The van der Waals surface area contributed by atoms with Crippen LogP contribution in [0.4, 0.5) is 17.2 Å². The van der Waals surface area contributed by atoms with E-state index in [1.54, 1.807) is 24.4 Å². The molecule has 24 heavy (non-hydrogen) atoms. The van der Waals surface area contributed by atoms with Crippen LogP contribution in [-0.4, -0.2) is 16.0 Å². The van der Waals surface area contributed by atoms with Gasteiger partial charge in [0.15, 0.2) is 5.82 Å². The van der Waals surface area contributed by atoms with Crippen molar-refractivity contribution in [2.45, 2.75) is 20.8 Å². The van der Waals surface area contributed by atoms with E-state index in [0.29, 0.717) is 11.5 Å². The molecule has 2 N–H and O–H groups in total. The second-order valence-electron chi connectivity index (χ2n) is 5.65. The number of rotatable bonds is 4. The lowest BCUT2D eigenvalue weighted by Gasteiger charge is -2.09. The fourth-order valence-electron chi connectivity index (χ4n) is 2.23. The number of nitrogens with one attached hydrogen (secondary N) is 2. The summed E-state index contributed by atoms with van der Waals surface area (Å²) in [5, 5.41) is 9.80. The molecule has 0 unspecified atom stereocenters. The van der Waals surface area contributed by atoms with E-state index in [2.05, 4.69) is 20.8 Å². The van der Waals surface area contributed by atoms with Crippen molar-refractivity contribution in [3.8, 4) is 0 Å². The Balaban J connectivity index is 1.70. The van der Waals surface area contributed by atoms with E-state index in [0.717, 1.165) is 28.3 Å². The zero-order chi connectivity index (χ0) is 17.1. The number of hydrogen-bond acceptors (Lipinski definition) is 5. The van der Waals surface area contributed by atoms with E-state index in [1.165, 1.54) is 0 Å². The van der Waals surface area contributed by atoms with E-state index in [1.807, 2.05) is 39.0 Å². The highest BCUT2D eigenvalue weighted by Gasteiger charge is 2.10. The van der Waals surface area contributed by atoms with E-state index in [-0.39, 0.29) is 5.91 Å². The molecule has 1 amide bonds. The SMILES string of the molecule is Cc1ccc(C)c(NC(=O)c2ccc(Nc3cc(C)on3)cn2)c1.